The molecule has 0 radical (unpaired) electrons. The number of hydrogen-bond donors (Lipinski definition) is 2. The van der Waals surface area contributed by atoms with Gasteiger partial charge in [-0.3, -0.25) is 0 Å². The zero-order valence-electron chi connectivity index (χ0n) is 12.4. The van der Waals surface area contributed by atoms with Gasteiger partial charge in [-0.15, -0.1) is 0 Å². The van der Waals surface area contributed by atoms with Gasteiger partial charge in [0.15, 0.2) is 0 Å². The van der Waals surface area contributed by atoms with Gasteiger partial charge in [0, 0.05) is 24.8 Å². The van der Waals surface area contributed by atoms with E-state index in [-0.39, 0.29) is 6.61 Å². The topological polar surface area (TPSA) is 61.3 Å². The van der Waals surface area contributed by atoms with E-state index >= 15 is 0 Å². The highest BCUT2D eigenvalue weighted by molar-refractivity contribution is 5.72. The highest BCUT2D eigenvalue weighted by atomic mass is 16.3. The van der Waals surface area contributed by atoms with Gasteiger partial charge >= 0.3 is 0 Å². The van der Waals surface area contributed by atoms with Crippen molar-refractivity contribution < 1.29 is 5.11 Å². The van der Waals surface area contributed by atoms with Gasteiger partial charge in [-0.1, -0.05) is 25.1 Å². The van der Waals surface area contributed by atoms with E-state index in [4.69, 9.17) is 5.11 Å². The monoisotopic (exact) mass is 284 g/mol. The Morgan fingerprint density at radius 3 is 2.95 bits per heavy atom. The normalized spacial score (nSPS) is 16.9. The number of aromatic nitrogens is 2. The Labute approximate surface area is 124 Å². The molecule has 0 amide bonds. The fourth-order valence-corrected chi connectivity index (χ4v) is 2.95. The van der Waals surface area contributed by atoms with E-state index in [9.17, 15) is 0 Å². The lowest BCUT2D eigenvalue weighted by Gasteiger charge is -2.21. The lowest BCUT2D eigenvalue weighted by Crippen LogP contribution is -2.16. The van der Waals surface area contributed by atoms with Crippen LogP contribution in [-0.2, 0) is 6.42 Å². The summed E-state index contributed by atoms with van der Waals surface area (Å²) in [6.07, 6.45) is 2.46. The van der Waals surface area contributed by atoms with Crippen LogP contribution in [-0.4, -0.2) is 35.3 Å². The van der Waals surface area contributed by atoms with Gasteiger partial charge in [0.1, 0.15) is 18.0 Å². The molecule has 1 unspecified atom stereocenters. The number of benzene rings is 1. The summed E-state index contributed by atoms with van der Waals surface area (Å²) in [4.78, 5) is 10.9. The molecule has 0 saturated carbocycles. The minimum Gasteiger partial charge on any atom is -0.395 e. The quantitative estimate of drug-likeness (QED) is 0.905. The Morgan fingerprint density at radius 1 is 1.33 bits per heavy atom. The molecule has 5 heteroatoms. The van der Waals surface area contributed by atoms with Gasteiger partial charge in [0.2, 0.25) is 0 Å². The first-order valence-electron chi connectivity index (χ1n) is 7.23. The second-order valence-electron chi connectivity index (χ2n) is 5.40. The molecule has 1 atom stereocenters. The van der Waals surface area contributed by atoms with E-state index in [1.165, 1.54) is 11.3 Å². The minimum atomic E-state index is 0.0877. The van der Waals surface area contributed by atoms with Crippen molar-refractivity contribution in [3.63, 3.8) is 0 Å². The van der Waals surface area contributed by atoms with E-state index in [2.05, 4.69) is 51.4 Å². The molecule has 0 bridgehead atoms. The van der Waals surface area contributed by atoms with Crippen molar-refractivity contribution >= 4 is 17.3 Å². The van der Waals surface area contributed by atoms with Crippen molar-refractivity contribution in [2.45, 2.75) is 19.3 Å². The van der Waals surface area contributed by atoms with Gasteiger partial charge in [-0.2, -0.15) is 0 Å². The molecule has 0 spiro atoms. The van der Waals surface area contributed by atoms with E-state index in [1.807, 2.05) is 7.05 Å². The molecule has 2 N–H and O–H groups in total. The Bertz CT molecular complexity index is 644. The minimum absolute atomic E-state index is 0.0877. The molecule has 1 aliphatic rings. The van der Waals surface area contributed by atoms with E-state index < -0.39 is 0 Å². The number of aliphatic hydroxyl groups is 1. The summed E-state index contributed by atoms with van der Waals surface area (Å²) >= 11 is 0. The second kappa shape index (κ2) is 5.69. The average molecular weight is 284 g/mol. The van der Waals surface area contributed by atoms with Crippen LogP contribution in [0.4, 0.5) is 17.3 Å². The molecule has 2 aromatic rings. The van der Waals surface area contributed by atoms with Crippen LogP contribution in [0.3, 0.4) is 0 Å². The molecule has 21 heavy (non-hydrogen) atoms. The molecule has 2 heterocycles. The van der Waals surface area contributed by atoms with Crippen LogP contribution in [0.5, 0.6) is 0 Å². The van der Waals surface area contributed by atoms with Crippen LogP contribution in [0.15, 0.2) is 30.6 Å². The zero-order chi connectivity index (χ0) is 14.8. The number of para-hydroxylation sites is 1. The van der Waals surface area contributed by atoms with Crippen molar-refractivity contribution in [2.75, 3.05) is 30.4 Å². The number of nitrogens with zero attached hydrogens (tertiary/aromatic N) is 3. The van der Waals surface area contributed by atoms with E-state index in [1.54, 1.807) is 6.33 Å². The molecule has 1 aromatic carbocycles. The van der Waals surface area contributed by atoms with Gasteiger partial charge in [0.25, 0.3) is 0 Å². The lowest BCUT2D eigenvalue weighted by atomic mass is 9.94. The summed E-state index contributed by atoms with van der Waals surface area (Å²) < 4.78 is 0. The molecular weight excluding hydrogens is 264 g/mol. The number of aliphatic hydroxyl groups excluding tert-OH is 1. The van der Waals surface area contributed by atoms with Crippen LogP contribution >= 0.6 is 0 Å². The molecule has 1 aliphatic heterocycles. The van der Waals surface area contributed by atoms with E-state index in [0.29, 0.717) is 12.5 Å². The van der Waals surface area contributed by atoms with Crippen molar-refractivity contribution in [2.24, 2.45) is 0 Å². The zero-order valence-corrected chi connectivity index (χ0v) is 12.4. The third-order valence-electron chi connectivity index (χ3n) is 3.98. The van der Waals surface area contributed by atoms with Crippen molar-refractivity contribution in [1.29, 1.82) is 0 Å². The highest BCUT2D eigenvalue weighted by Crippen LogP contribution is 2.40. The van der Waals surface area contributed by atoms with Gasteiger partial charge < -0.3 is 15.3 Å². The predicted molar refractivity (Wildman–Crippen MR) is 84.2 cm³/mol. The molecule has 3 rings (SSSR count). The lowest BCUT2D eigenvalue weighted by molar-refractivity contribution is 0.311. The molecule has 1 aromatic heterocycles. The number of nitrogens with one attached hydrogen (secondary N) is 1. The van der Waals surface area contributed by atoms with Crippen LogP contribution in [0, 0.1) is 0 Å². The fourth-order valence-electron chi connectivity index (χ4n) is 2.95. The van der Waals surface area contributed by atoms with Crippen LogP contribution in [0.25, 0.3) is 0 Å². The molecule has 5 nitrogen and oxygen atoms in total. The Hall–Kier alpha value is -2.14. The van der Waals surface area contributed by atoms with Gasteiger partial charge in [0.05, 0.1) is 6.61 Å². The largest absolute Gasteiger partial charge is 0.395 e. The van der Waals surface area contributed by atoms with Crippen molar-refractivity contribution in [3.05, 3.63) is 41.7 Å². The third kappa shape index (κ3) is 2.45. The fraction of sp³-hybridized carbons (Fsp3) is 0.375. The molecular formula is C16H20N4O. The SMILES string of the molecule is CC1Cc2c(NCCO)ncnc2N(C)c2ccccc21. The predicted octanol–water partition coefficient (Wildman–Crippen LogP) is 2.31. The van der Waals surface area contributed by atoms with Crippen LogP contribution < -0.4 is 10.2 Å². The Morgan fingerprint density at radius 2 is 2.14 bits per heavy atom. The summed E-state index contributed by atoms with van der Waals surface area (Å²) in [5.74, 6) is 2.15. The smallest absolute Gasteiger partial charge is 0.141 e. The van der Waals surface area contributed by atoms with Crippen molar-refractivity contribution in [3.8, 4) is 0 Å². The number of anilines is 3. The summed E-state index contributed by atoms with van der Waals surface area (Å²) in [6.45, 7) is 2.81. The number of rotatable bonds is 3. The third-order valence-corrected chi connectivity index (χ3v) is 3.98. The number of fused-ring (bicyclic) bond motifs is 2. The van der Waals surface area contributed by atoms with Gasteiger partial charge in [-0.05, 0) is 24.0 Å². The van der Waals surface area contributed by atoms with Gasteiger partial charge in [-0.25, -0.2) is 9.97 Å². The Balaban J connectivity index is 2.10. The summed E-state index contributed by atoms with van der Waals surface area (Å²) in [5.41, 5.74) is 3.62. The summed E-state index contributed by atoms with van der Waals surface area (Å²) in [6, 6.07) is 8.44. The first-order chi connectivity index (χ1) is 10.2. The summed E-state index contributed by atoms with van der Waals surface area (Å²) in [5, 5.41) is 12.2. The average Bonchev–Trinajstić information content (AvgIpc) is 2.62. The molecule has 0 aliphatic carbocycles. The first kappa shape index (κ1) is 13.8. The number of hydrogen-bond acceptors (Lipinski definition) is 5. The van der Waals surface area contributed by atoms with Crippen LogP contribution in [0.1, 0.15) is 24.0 Å². The van der Waals surface area contributed by atoms with E-state index in [0.717, 1.165) is 23.6 Å². The second-order valence-corrected chi connectivity index (χ2v) is 5.40. The van der Waals surface area contributed by atoms with Crippen LogP contribution in [0.2, 0.25) is 0 Å². The van der Waals surface area contributed by atoms with Crippen molar-refractivity contribution in [1.82, 2.24) is 9.97 Å². The summed E-state index contributed by atoms with van der Waals surface area (Å²) in [7, 11) is 2.04. The maximum atomic E-state index is 9.02. The standard InChI is InChI=1S/C16H20N4O/c1-11-9-13-15(17-7-8-21)18-10-19-16(13)20(2)14-6-4-3-5-12(11)14/h3-6,10-11,21H,7-9H2,1-2H3,(H,17,18,19). The maximum Gasteiger partial charge on any atom is 0.141 e. The first-order valence-corrected chi connectivity index (χ1v) is 7.23. The Kier molecular flexibility index (Phi) is 3.75. The highest BCUT2D eigenvalue weighted by Gasteiger charge is 2.25. The molecule has 0 saturated heterocycles. The maximum absolute atomic E-state index is 9.02. The molecule has 0 fully saturated rings. The molecule has 110 valence electrons.